The maximum absolute atomic E-state index is 14.1. The summed E-state index contributed by atoms with van der Waals surface area (Å²) in [6.07, 6.45) is 7.94. The number of carbonyl (C=O) groups is 3. The standard InChI is InChI=1S/C36H40Cl2N6O7S/c1-23-19-29(43-18-14-39-22-43)25-5-2-7-30(35(25)41-23)51-21-26-27(37)10-11-31(34(26)38)52(49,50)44-15-4-6-28(44)36(48)40-20-24-12-16-42(17-13-24)32(45)8-3-9-33(46)47/h2,5,7,10-11,14,18-19,22,24,28H,3-4,6,8-9,12-13,15-17,20-21H2,1H3,(H,40,48)(H,46,47)/t28-/m0/s1. The minimum Gasteiger partial charge on any atom is -0.487 e. The highest BCUT2D eigenvalue weighted by Gasteiger charge is 2.41. The van der Waals surface area contributed by atoms with Crippen LogP contribution in [0.2, 0.25) is 10.0 Å². The largest absolute Gasteiger partial charge is 0.487 e. The van der Waals surface area contributed by atoms with Gasteiger partial charge in [0.1, 0.15) is 28.8 Å². The van der Waals surface area contributed by atoms with Gasteiger partial charge in [0.15, 0.2) is 0 Å². The number of para-hydroxylation sites is 1. The van der Waals surface area contributed by atoms with E-state index in [-0.39, 0.29) is 64.2 Å². The number of pyridine rings is 1. The van der Waals surface area contributed by atoms with Crippen LogP contribution in [0.4, 0.5) is 0 Å². The van der Waals surface area contributed by atoms with E-state index in [1.54, 1.807) is 23.5 Å². The average molecular weight is 772 g/mol. The van der Waals surface area contributed by atoms with Gasteiger partial charge in [-0.25, -0.2) is 18.4 Å². The van der Waals surface area contributed by atoms with Crippen LogP contribution in [-0.4, -0.2) is 87.3 Å². The molecule has 4 aromatic rings. The Morgan fingerprint density at radius 2 is 1.85 bits per heavy atom. The molecule has 2 saturated heterocycles. The van der Waals surface area contributed by atoms with Crippen molar-refractivity contribution in [3.8, 4) is 11.4 Å². The molecule has 0 saturated carbocycles. The second-order valence-corrected chi connectivity index (χ2v) is 15.8. The third-order valence-electron chi connectivity index (χ3n) is 9.62. The number of ether oxygens (including phenoxy) is 1. The summed E-state index contributed by atoms with van der Waals surface area (Å²) in [5, 5.41) is 12.7. The molecule has 6 rings (SSSR count). The van der Waals surface area contributed by atoms with E-state index >= 15 is 0 Å². The fraction of sp³-hybridized carbons (Fsp3) is 0.417. The lowest BCUT2D eigenvalue weighted by Crippen LogP contribution is -2.48. The van der Waals surface area contributed by atoms with Crippen LogP contribution in [0.25, 0.3) is 16.6 Å². The van der Waals surface area contributed by atoms with Crippen molar-refractivity contribution >= 4 is 61.9 Å². The number of aryl methyl sites for hydroxylation is 1. The number of nitrogens with zero attached hydrogens (tertiary/aromatic N) is 5. The molecular formula is C36H40Cl2N6O7S. The molecule has 2 amide bonds. The van der Waals surface area contributed by atoms with Gasteiger partial charge in [0.05, 0.1) is 17.0 Å². The maximum Gasteiger partial charge on any atom is 0.303 e. The van der Waals surface area contributed by atoms with Crippen molar-refractivity contribution in [2.75, 3.05) is 26.2 Å². The van der Waals surface area contributed by atoms with E-state index in [1.165, 1.54) is 16.4 Å². The number of aromatic nitrogens is 3. The van der Waals surface area contributed by atoms with Gasteiger partial charge in [-0.05, 0) is 69.2 Å². The number of likely N-dealkylation sites (tertiary alicyclic amines) is 1. The quantitative estimate of drug-likeness (QED) is 0.182. The molecule has 2 N–H and O–H groups in total. The van der Waals surface area contributed by atoms with Gasteiger partial charge in [-0.2, -0.15) is 4.31 Å². The molecule has 2 aromatic heterocycles. The molecule has 0 aliphatic carbocycles. The minimum absolute atomic E-state index is 0.0410. The molecule has 2 aliphatic heterocycles. The fourth-order valence-corrected chi connectivity index (χ4v) is 9.35. The first kappa shape index (κ1) is 37.5. The number of halogens is 2. The second-order valence-electron chi connectivity index (χ2n) is 13.1. The maximum atomic E-state index is 14.1. The first-order valence-corrected chi connectivity index (χ1v) is 19.4. The summed E-state index contributed by atoms with van der Waals surface area (Å²) in [5.74, 6) is -0.770. The van der Waals surface area contributed by atoms with Crippen LogP contribution in [0.15, 0.2) is 60.0 Å². The van der Waals surface area contributed by atoms with Crippen LogP contribution in [-0.2, 0) is 31.0 Å². The normalized spacial score (nSPS) is 17.1. The molecule has 2 aromatic carbocycles. The minimum atomic E-state index is -4.21. The van der Waals surface area contributed by atoms with Gasteiger partial charge in [0.25, 0.3) is 0 Å². The number of aliphatic carboxylic acids is 1. The van der Waals surface area contributed by atoms with Crippen LogP contribution < -0.4 is 10.1 Å². The predicted molar refractivity (Wildman–Crippen MR) is 195 cm³/mol. The van der Waals surface area contributed by atoms with E-state index in [4.69, 9.17) is 38.0 Å². The molecular weight excluding hydrogens is 731 g/mol. The van der Waals surface area contributed by atoms with E-state index in [1.807, 2.05) is 35.9 Å². The van der Waals surface area contributed by atoms with Gasteiger partial charge in [0.2, 0.25) is 21.8 Å². The number of carboxylic acid groups (broad SMARTS) is 1. The molecule has 276 valence electrons. The van der Waals surface area contributed by atoms with Crippen molar-refractivity contribution in [3.05, 3.63) is 76.4 Å². The zero-order valence-electron chi connectivity index (χ0n) is 28.6. The molecule has 0 unspecified atom stereocenters. The Morgan fingerprint density at radius 1 is 1.06 bits per heavy atom. The van der Waals surface area contributed by atoms with Gasteiger partial charge in [0, 0.05) is 73.1 Å². The monoisotopic (exact) mass is 770 g/mol. The number of imidazole rings is 1. The number of rotatable bonds is 13. The molecule has 1 atom stereocenters. The third kappa shape index (κ3) is 8.20. The molecule has 0 spiro atoms. The average Bonchev–Trinajstić information content (AvgIpc) is 3.84. The van der Waals surface area contributed by atoms with Gasteiger partial charge < -0.3 is 24.6 Å². The number of hydrogen-bond donors (Lipinski definition) is 2. The Hall–Kier alpha value is -4.24. The molecule has 2 aliphatic rings. The van der Waals surface area contributed by atoms with E-state index in [0.717, 1.165) is 16.8 Å². The fourth-order valence-electron chi connectivity index (χ4n) is 6.83. The third-order valence-corrected chi connectivity index (χ3v) is 12.5. The summed E-state index contributed by atoms with van der Waals surface area (Å²) in [4.78, 5) is 47.0. The Balaban J connectivity index is 1.11. The van der Waals surface area contributed by atoms with Crippen molar-refractivity contribution in [2.24, 2.45) is 5.92 Å². The second kappa shape index (κ2) is 16.2. The highest BCUT2D eigenvalue weighted by atomic mass is 35.5. The SMILES string of the molecule is Cc1cc(-n2ccnc2)c2cccc(OCc3c(Cl)ccc(S(=O)(=O)N4CCC[C@H]4C(=O)NCC4CCN(C(=O)CCCC(=O)O)CC4)c3Cl)c2n1. The van der Waals surface area contributed by atoms with Crippen LogP contribution in [0.5, 0.6) is 5.75 Å². The number of fused-ring (bicyclic) bond motifs is 1. The topological polar surface area (TPSA) is 164 Å². The number of sulfonamides is 1. The lowest BCUT2D eigenvalue weighted by atomic mass is 9.96. The van der Waals surface area contributed by atoms with Gasteiger partial charge in [-0.15, -0.1) is 0 Å². The summed E-state index contributed by atoms with van der Waals surface area (Å²) in [7, 11) is -4.21. The molecule has 0 bridgehead atoms. The van der Waals surface area contributed by atoms with Crippen LogP contribution >= 0.6 is 23.2 Å². The molecule has 16 heteroatoms. The Morgan fingerprint density at radius 3 is 2.58 bits per heavy atom. The smallest absolute Gasteiger partial charge is 0.303 e. The summed E-state index contributed by atoms with van der Waals surface area (Å²) in [6, 6.07) is 9.42. The number of nitrogens with one attached hydrogen (secondary N) is 1. The van der Waals surface area contributed by atoms with E-state index in [0.29, 0.717) is 63.0 Å². The summed E-state index contributed by atoms with van der Waals surface area (Å²) in [6.45, 7) is 3.33. The van der Waals surface area contributed by atoms with E-state index < -0.39 is 22.0 Å². The van der Waals surface area contributed by atoms with Crippen LogP contribution in [0.1, 0.15) is 56.2 Å². The van der Waals surface area contributed by atoms with Crippen LogP contribution in [0.3, 0.4) is 0 Å². The highest BCUT2D eigenvalue weighted by molar-refractivity contribution is 7.89. The number of carboxylic acids is 1. The van der Waals surface area contributed by atoms with Gasteiger partial charge in [-0.1, -0.05) is 35.3 Å². The Kier molecular flexibility index (Phi) is 11.7. The van der Waals surface area contributed by atoms with Crippen molar-refractivity contribution in [3.63, 3.8) is 0 Å². The molecule has 0 radical (unpaired) electrons. The number of hydrogen-bond acceptors (Lipinski definition) is 8. The first-order valence-electron chi connectivity index (χ1n) is 17.2. The van der Waals surface area contributed by atoms with E-state index in [9.17, 15) is 22.8 Å². The lowest BCUT2D eigenvalue weighted by Gasteiger charge is -2.32. The van der Waals surface area contributed by atoms with Crippen molar-refractivity contribution in [1.29, 1.82) is 0 Å². The number of piperidine rings is 1. The number of benzene rings is 2. The van der Waals surface area contributed by atoms with Gasteiger partial charge >= 0.3 is 5.97 Å². The van der Waals surface area contributed by atoms with Gasteiger partial charge in [-0.3, -0.25) is 14.4 Å². The predicted octanol–water partition coefficient (Wildman–Crippen LogP) is 5.38. The molecule has 4 heterocycles. The zero-order chi connectivity index (χ0) is 37.0. The number of amides is 2. The Bertz CT molecular complexity index is 2070. The van der Waals surface area contributed by atoms with Crippen LogP contribution in [0, 0.1) is 12.8 Å². The van der Waals surface area contributed by atoms with Crippen molar-refractivity contribution in [2.45, 2.75) is 69.4 Å². The van der Waals surface area contributed by atoms with E-state index in [2.05, 4.69) is 10.3 Å². The lowest BCUT2D eigenvalue weighted by molar-refractivity contribution is -0.137. The summed E-state index contributed by atoms with van der Waals surface area (Å²) < 4.78 is 37.5. The Labute approximate surface area is 311 Å². The van der Waals surface area contributed by atoms with Crippen molar-refractivity contribution in [1.82, 2.24) is 29.1 Å². The van der Waals surface area contributed by atoms with Crippen molar-refractivity contribution < 1.29 is 32.6 Å². The highest BCUT2D eigenvalue weighted by Crippen LogP contribution is 2.37. The number of carbonyl (C=O) groups excluding carboxylic acids is 2. The molecule has 2 fully saturated rings. The first-order chi connectivity index (χ1) is 24.9. The summed E-state index contributed by atoms with van der Waals surface area (Å²) >= 11 is 13.4. The zero-order valence-corrected chi connectivity index (χ0v) is 31.0. The molecule has 13 nitrogen and oxygen atoms in total. The summed E-state index contributed by atoms with van der Waals surface area (Å²) in [5.41, 5.74) is 2.54. The molecule has 52 heavy (non-hydrogen) atoms.